The van der Waals surface area contributed by atoms with E-state index in [1.54, 1.807) is 24.6 Å². The van der Waals surface area contributed by atoms with Crippen molar-refractivity contribution in [2.75, 3.05) is 0 Å². The number of nitriles is 1. The quantitative estimate of drug-likeness (QED) is 0.616. The summed E-state index contributed by atoms with van der Waals surface area (Å²) in [5, 5.41) is 14.0. The second kappa shape index (κ2) is 7.53. The fourth-order valence-electron chi connectivity index (χ4n) is 3.03. The number of rotatable bonds is 5. The van der Waals surface area contributed by atoms with Crippen LogP contribution in [-0.4, -0.2) is 26.7 Å². The molecule has 2 heterocycles. The maximum absolute atomic E-state index is 12.7. The molecule has 0 saturated carbocycles. The molecule has 0 unspecified atom stereocenters. The second-order valence-corrected chi connectivity index (χ2v) is 9.70. The molecule has 7 heteroatoms. The first-order valence-electron chi connectivity index (χ1n) is 9.01. The molecule has 0 radical (unpaired) electrons. The number of hydrogen-bond donors (Lipinski definition) is 1. The van der Waals surface area contributed by atoms with E-state index in [9.17, 15) is 10.1 Å². The van der Waals surface area contributed by atoms with Gasteiger partial charge in [0.25, 0.3) is 0 Å². The SMILES string of the molecule is CC(C)[C@](C)(C#N)NC(=O)[C@H](C)Sc1ncnc2sc3c(c12)CCCC3. The molecule has 2 atom stereocenters. The minimum absolute atomic E-state index is 0.0308. The highest BCUT2D eigenvalue weighted by molar-refractivity contribution is 8.00. The monoisotopic (exact) mass is 388 g/mol. The van der Waals surface area contributed by atoms with Gasteiger partial charge in [-0.2, -0.15) is 5.26 Å². The Morgan fingerprint density at radius 3 is 2.77 bits per heavy atom. The van der Waals surface area contributed by atoms with Gasteiger partial charge in [-0.3, -0.25) is 4.79 Å². The minimum Gasteiger partial charge on any atom is -0.337 e. The highest BCUT2D eigenvalue weighted by atomic mass is 32.2. The summed E-state index contributed by atoms with van der Waals surface area (Å²) < 4.78 is 0. The normalized spacial score (nSPS) is 17.4. The number of aryl methyl sites for hydroxylation is 2. The first kappa shape index (κ1) is 19.1. The Morgan fingerprint density at radius 1 is 1.35 bits per heavy atom. The smallest absolute Gasteiger partial charge is 0.234 e. The molecule has 138 valence electrons. The van der Waals surface area contributed by atoms with Gasteiger partial charge < -0.3 is 5.32 Å². The summed E-state index contributed by atoms with van der Waals surface area (Å²) in [4.78, 5) is 24.0. The number of carbonyl (C=O) groups excluding carboxylic acids is 1. The summed E-state index contributed by atoms with van der Waals surface area (Å²) in [6, 6.07) is 2.23. The average molecular weight is 389 g/mol. The van der Waals surface area contributed by atoms with E-state index in [2.05, 4.69) is 21.4 Å². The van der Waals surface area contributed by atoms with Gasteiger partial charge in [0.2, 0.25) is 5.91 Å². The van der Waals surface area contributed by atoms with Gasteiger partial charge in [0.05, 0.1) is 11.3 Å². The molecule has 0 aliphatic heterocycles. The van der Waals surface area contributed by atoms with E-state index in [4.69, 9.17) is 0 Å². The molecule has 26 heavy (non-hydrogen) atoms. The van der Waals surface area contributed by atoms with E-state index < -0.39 is 5.54 Å². The van der Waals surface area contributed by atoms with Crippen molar-refractivity contribution >= 4 is 39.2 Å². The summed E-state index contributed by atoms with van der Waals surface area (Å²) in [5.74, 6) is -0.105. The van der Waals surface area contributed by atoms with Crippen molar-refractivity contribution in [1.82, 2.24) is 15.3 Å². The zero-order valence-corrected chi connectivity index (χ0v) is 17.3. The van der Waals surface area contributed by atoms with E-state index >= 15 is 0 Å². The molecular formula is C19H24N4OS2. The van der Waals surface area contributed by atoms with Crippen molar-refractivity contribution in [1.29, 1.82) is 5.26 Å². The van der Waals surface area contributed by atoms with E-state index in [1.807, 2.05) is 20.8 Å². The van der Waals surface area contributed by atoms with Crippen molar-refractivity contribution < 1.29 is 4.79 Å². The number of amides is 1. The number of aromatic nitrogens is 2. The van der Waals surface area contributed by atoms with Gasteiger partial charge in [-0.1, -0.05) is 25.6 Å². The van der Waals surface area contributed by atoms with E-state index in [1.165, 1.54) is 35.0 Å². The van der Waals surface area contributed by atoms with Gasteiger partial charge in [-0.15, -0.1) is 11.3 Å². The predicted molar refractivity (Wildman–Crippen MR) is 106 cm³/mol. The number of hydrogen-bond acceptors (Lipinski definition) is 6. The Kier molecular flexibility index (Phi) is 5.54. The lowest BCUT2D eigenvalue weighted by molar-refractivity contribution is -0.121. The highest BCUT2D eigenvalue weighted by Crippen LogP contribution is 2.40. The summed E-state index contributed by atoms with van der Waals surface area (Å²) >= 11 is 3.21. The lowest BCUT2D eigenvalue weighted by atomic mass is 9.90. The molecular weight excluding hydrogens is 364 g/mol. The molecule has 0 fully saturated rings. The number of nitrogens with one attached hydrogen (secondary N) is 1. The van der Waals surface area contributed by atoms with E-state index in [0.29, 0.717) is 0 Å². The first-order chi connectivity index (χ1) is 12.4. The minimum atomic E-state index is -0.867. The average Bonchev–Trinajstić information content (AvgIpc) is 3.00. The Labute approximate surface area is 162 Å². The van der Waals surface area contributed by atoms with Crippen LogP contribution in [-0.2, 0) is 17.6 Å². The Balaban J connectivity index is 1.84. The third-order valence-electron chi connectivity index (χ3n) is 5.14. The van der Waals surface area contributed by atoms with Crippen molar-refractivity contribution in [3.8, 4) is 6.07 Å². The van der Waals surface area contributed by atoms with Crippen LogP contribution in [0, 0.1) is 17.2 Å². The topological polar surface area (TPSA) is 78.7 Å². The molecule has 0 bridgehead atoms. The number of carbonyl (C=O) groups is 1. The molecule has 3 rings (SSSR count). The van der Waals surface area contributed by atoms with Crippen molar-refractivity contribution in [2.24, 2.45) is 5.92 Å². The number of thiophene rings is 1. The third-order valence-corrected chi connectivity index (χ3v) is 7.44. The zero-order chi connectivity index (χ0) is 18.9. The molecule has 2 aromatic heterocycles. The van der Waals surface area contributed by atoms with Crippen molar-refractivity contribution in [3.63, 3.8) is 0 Å². The Morgan fingerprint density at radius 2 is 2.08 bits per heavy atom. The van der Waals surface area contributed by atoms with Crippen LogP contribution in [0.2, 0.25) is 0 Å². The first-order valence-corrected chi connectivity index (χ1v) is 10.7. The van der Waals surface area contributed by atoms with Crippen LogP contribution in [0.25, 0.3) is 10.2 Å². The lowest BCUT2D eigenvalue weighted by Gasteiger charge is -2.28. The van der Waals surface area contributed by atoms with E-state index in [0.717, 1.165) is 28.1 Å². The van der Waals surface area contributed by atoms with Crippen LogP contribution in [0.15, 0.2) is 11.4 Å². The van der Waals surface area contributed by atoms with Crippen LogP contribution in [0.1, 0.15) is 51.0 Å². The molecule has 1 aliphatic carbocycles. The largest absolute Gasteiger partial charge is 0.337 e. The Hall–Kier alpha value is -1.65. The maximum atomic E-state index is 12.7. The molecule has 0 aromatic carbocycles. The number of fused-ring (bicyclic) bond motifs is 3. The fourth-order valence-corrected chi connectivity index (χ4v) is 5.27. The van der Waals surface area contributed by atoms with Gasteiger partial charge in [-0.05, 0) is 51.0 Å². The van der Waals surface area contributed by atoms with Crippen LogP contribution in [0.5, 0.6) is 0 Å². The maximum Gasteiger partial charge on any atom is 0.234 e. The van der Waals surface area contributed by atoms with Crippen molar-refractivity contribution in [2.45, 2.75) is 69.2 Å². The van der Waals surface area contributed by atoms with Gasteiger partial charge >= 0.3 is 0 Å². The molecule has 0 spiro atoms. The lowest BCUT2D eigenvalue weighted by Crippen LogP contribution is -2.51. The second-order valence-electron chi connectivity index (χ2n) is 7.29. The van der Waals surface area contributed by atoms with Gasteiger partial charge in [0.15, 0.2) is 0 Å². The molecule has 0 saturated heterocycles. The molecule has 1 aliphatic rings. The predicted octanol–water partition coefficient (Wildman–Crippen LogP) is 4.11. The molecule has 1 amide bonds. The summed E-state index contributed by atoms with van der Waals surface area (Å²) in [7, 11) is 0. The summed E-state index contributed by atoms with van der Waals surface area (Å²) in [6.07, 6.45) is 6.20. The van der Waals surface area contributed by atoms with Gasteiger partial charge in [0.1, 0.15) is 21.7 Å². The molecule has 2 aromatic rings. The van der Waals surface area contributed by atoms with E-state index in [-0.39, 0.29) is 17.1 Å². The van der Waals surface area contributed by atoms with Gasteiger partial charge in [0, 0.05) is 10.3 Å². The summed E-state index contributed by atoms with van der Waals surface area (Å²) in [6.45, 7) is 7.51. The summed E-state index contributed by atoms with van der Waals surface area (Å²) in [5.41, 5.74) is 0.505. The standard InChI is InChI=1S/C19H24N4OS2/c1-11(2)19(4,9-20)23-16(24)12(3)25-17-15-13-7-5-6-8-14(13)26-18(15)22-10-21-17/h10-12H,5-8H2,1-4H3,(H,23,24)/t12-,19-/m0/s1. The third kappa shape index (κ3) is 3.58. The molecule has 5 nitrogen and oxygen atoms in total. The number of nitrogens with zero attached hydrogens (tertiary/aromatic N) is 3. The van der Waals surface area contributed by atoms with Crippen molar-refractivity contribution in [3.05, 3.63) is 16.8 Å². The van der Waals surface area contributed by atoms with Crippen LogP contribution >= 0.6 is 23.1 Å². The molecule has 1 N–H and O–H groups in total. The fraction of sp³-hybridized carbons (Fsp3) is 0.579. The van der Waals surface area contributed by atoms with Crippen LogP contribution < -0.4 is 5.32 Å². The number of thioether (sulfide) groups is 1. The van der Waals surface area contributed by atoms with Crippen LogP contribution in [0.3, 0.4) is 0 Å². The van der Waals surface area contributed by atoms with Crippen LogP contribution in [0.4, 0.5) is 0 Å². The highest BCUT2D eigenvalue weighted by Gasteiger charge is 2.32. The zero-order valence-electron chi connectivity index (χ0n) is 15.6. The Bertz CT molecular complexity index is 870. The van der Waals surface area contributed by atoms with Gasteiger partial charge in [-0.25, -0.2) is 9.97 Å².